The van der Waals surface area contributed by atoms with Gasteiger partial charge in [-0.05, 0) is 42.6 Å². The smallest absolute Gasteiger partial charge is 0.323 e. The molecule has 0 amide bonds. The lowest BCUT2D eigenvalue weighted by Crippen LogP contribution is -2.71. The van der Waals surface area contributed by atoms with Gasteiger partial charge in [0.15, 0.2) is 11.2 Å². The Labute approximate surface area is 176 Å². The molecule has 0 radical (unpaired) electrons. The molecule has 3 saturated carbocycles. The van der Waals surface area contributed by atoms with Gasteiger partial charge in [-0.15, -0.1) is 0 Å². The lowest BCUT2D eigenvalue weighted by Gasteiger charge is -2.62. The number of cyclic esters (lactones) is 1. The van der Waals surface area contributed by atoms with E-state index in [1.54, 1.807) is 0 Å². The van der Waals surface area contributed by atoms with Crippen molar-refractivity contribution in [2.24, 2.45) is 34.0 Å². The summed E-state index contributed by atoms with van der Waals surface area (Å²) in [7, 11) is -3.89. The van der Waals surface area contributed by atoms with Crippen LogP contribution in [0.3, 0.4) is 0 Å². The number of aliphatic hydroxyl groups is 1. The van der Waals surface area contributed by atoms with Gasteiger partial charge >= 0.3 is 5.97 Å². The number of aldehydes is 1. The molecule has 0 aromatic rings. The third-order valence-electron chi connectivity index (χ3n) is 8.22. The number of esters is 1. The van der Waals surface area contributed by atoms with Crippen molar-refractivity contribution in [3.8, 4) is 0 Å². The van der Waals surface area contributed by atoms with Gasteiger partial charge in [0.1, 0.15) is 12.9 Å². The molecule has 9 heteroatoms. The van der Waals surface area contributed by atoms with Gasteiger partial charge in [0.25, 0.3) is 10.1 Å². The summed E-state index contributed by atoms with van der Waals surface area (Å²) in [6.45, 7) is 7.40. The average Bonchev–Trinajstić information content (AvgIpc) is 2.75. The van der Waals surface area contributed by atoms with E-state index in [1.807, 2.05) is 13.8 Å². The maximum absolute atomic E-state index is 13.3. The zero-order valence-electron chi connectivity index (χ0n) is 17.4. The first-order chi connectivity index (χ1) is 13.8. The average molecular weight is 441 g/mol. The van der Waals surface area contributed by atoms with Crippen LogP contribution < -0.4 is 0 Å². The van der Waals surface area contributed by atoms with Gasteiger partial charge in [0.2, 0.25) is 0 Å². The lowest BCUT2D eigenvalue weighted by molar-refractivity contribution is -0.242. The largest absolute Gasteiger partial charge is 0.464 e. The number of fused-ring (bicyclic) bond motifs is 2. The minimum atomic E-state index is -3.89. The summed E-state index contributed by atoms with van der Waals surface area (Å²) in [5.41, 5.74) is -3.46. The standard InChI is InChI=1S/C21H28O8S/c1-11-12-5-6-13-20(10-28-18(25)21(13,16(11)23)17(12)24)14(9-22)19(2,3)8-7-15(20)29-30(4,26)27/h9,12-15,17,24H,1,5-8,10H2,2-4H3/t12-,13-,14+,15-,17+,20-,21-/m0/s1. The van der Waals surface area contributed by atoms with Gasteiger partial charge in [-0.2, -0.15) is 8.42 Å². The third kappa shape index (κ3) is 2.51. The predicted molar refractivity (Wildman–Crippen MR) is 104 cm³/mol. The first-order valence-electron chi connectivity index (χ1n) is 10.3. The zero-order chi connectivity index (χ0) is 22.3. The minimum absolute atomic E-state index is 0.192. The van der Waals surface area contributed by atoms with Crippen LogP contribution in [-0.2, 0) is 33.4 Å². The molecule has 0 aromatic heterocycles. The minimum Gasteiger partial charge on any atom is -0.464 e. The second-order valence-corrected chi connectivity index (χ2v) is 11.6. The first-order valence-corrected chi connectivity index (χ1v) is 12.1. The van der Waals surface area contributed by atoms with E-state index in [2.05, 4.69) is 6.58 Å². The van der Waals surface area contributed by atoms with Crippen LogP contribution in [0.4, 0.5) is 0 Å². The summed E-state index contributed by atoms with van der Waals surface area (Å²) in [6, 6.07) is 0. The molecule has 0 aromatic carbocycles. The number of Topliss-reactive ketones (excluding diaryl/α,β-unsaturated/α-hetero) is 1. The number of hydrogen-bond acceptors (Lipinski definition) is 8. The van der Waals surface area contributed by atoms with Gasteiger partial charge in [0.05, 0.1) is 18.5 Å². The topological polar surface area (TPSA) is 124 Å². The van der Waals surface area contributed by atoms with Crippen LogP contribution in [0.5, 0.6) is 0 Å². The van der Waals surface area contributed by atoms with Gasteiger partial charge in [-0.1, -0.05) is 20.4 Å². The van der Waals surface area contributed by atoms with Crippen molar-refractivity contribution >= 4 is 28.2 Å². The Morgan fingerprint density at radius 3 is 2.50 bits per heavy atom. The monoisotopic (exact) mass is 440 g/mol. The van der Waals surface area contributed by atoms with Gasteiger partial charge < -0.3 is 14.6 Å². The highest BCUT2D eigenvalue weighted by molar-refractivity contribution is 7.86. The Kier molecular flexibility index (Phi) is 4.66. The van der Waals surface area contributed by atoms with Crippen molar-refractivity contribution in [3.63, 3.8) is 0 Å². The van der Waals surface area contributed by atoms with E-state index in [0.717, 1.165) is 12.5 Å². The highest BCUT2D eigenvalue weighted by Gasteiger charge is 2.77. The van der Waals surface area contributed by atoms with Crippen LogP contribution >= 0.6 is 0 Å². The highest BCUT2D eigenvalue weighted by Crippen LogP contribution is 2.68. The number of carbonyl (C=O) groups is 3. The molecule has 4 rings (SSSR count). The summed E-state index contributed by atoms with van der Waals surface area (Å²) in [4.78, 5) is 38.8. The van der Waals surface area contributed by atoms with E-state index < -0.39 is 68.1 Å². The molecule has 2 spiro atoms. The Morgan fingerprint density at radius 2 is 1.90 bits per heavy atom. The van der Waals surface area contributed by atoms with Crippen LogP contribution in [0.1, 0.15) is 39.5 Å². The maximum atomic E-state index is 13.3. The molecular formula is C21H28O8S. The number of rotatable bonds is 3. The molecule has 2 bridgehead atoms. The quantitative estimate of drug-likeness (QED) is 0.227. The van der Waals surface area contributed by atoms with Crippen molar-refractivity contribution in [2.75, 3.05) is 12.9 Å². The zero-order valence-corrected chi connectivity index (χ0v) is 18.2. The van der Waals surface area contributed by atoms with Gasteiger partial charge in [-0.25, -0.2) is 0 Å². The maximum Gasteiger partial charge on any atom is 0.323 e. The fourth-order valence-electron chi connectivity index (χ4n) is 6.94. The predicted octanol–water partition coefficient (Wildman–Crippen LogP) is 1.02. The molecule has 1 heterocycles. The van der Waals surface area contributed by atoms with Crippen molar-refractivity contribution in [3.05, 3.63) is 12.2 Å². The molecule has 1 aliphatic heterocycles. The van der Waals surface area contributed by atoms with Crippen molar-refractivity contribution < 1.29 is 36.8 Å². The Hall–Kier alpha value is -1.58. The van der Waals surface area contributed by atoms with Crippen molar-refractivity contribution in [1.82, 2.24) is 0 Å². The number of aliphatic hydroxyl groups excluding tert-OH is 1. The van der Waals surface area contributed by atoms with E-state index in [4.69, 9.17) is 8.92 Å². The second-order valence-electron chi connectivity index (χ2n) is 10.0. The third-order valence-corrected chi connectivity index (χ3v) is 8.80. The fraction of sp³-hybridized carbons (Fsp3) is 0.762. The Bertz CT molecular complexity index is 937. The number of hydrogen-bond donors (Lipinski definition) is 1. The molecule has 166 valence electrons. The van der Waals surface area contributed by atoms with Crippen LogP contribution in [-0.4, -0.2) is 56.6 Å². The van der Waals surface area contributed by atoms with Crippen LogP contribution in [0.2, 0.25) is 0 Å². The summed E-state index contributed by atoms with van der Waals surface area (Å²) in [5, 5.41) is 11.1. The summed E-state index contributed by atoms with van der Waals surface area (Å²) in [6.07, 6.45) is 1.10. The second kappa shape index (κ2) is 6.46. The highest BCUT2D eigenvalue weighted by atomic mass is 32.2. The first kappa shape index (κ1) is 21.6. The van der Waals surface area contributed by atoms with Crippen molar-refractivity contribution in [2.45, 2.75) is 51.7 Å². The van der Waals surface area contributed by atoms with E-state index in [0.29, 0.717) is 25.7 Å². The Morgan fingerprint density at radius 1 is 1.23 bits per heavy atom. The molecule has 7 atom stereocenters. The number of carbonyl (C=O) groups excluding carboxylic acids is 3. The molecule has 4 aliphatic rings. The van der Waals surface area contributed by atoms with Crippen LogP contribution in [0.25, 0.3) is 0 Å². The molecule has 30 heavy (non-hydrogen) atoms. The van der Waals surface area contributed by atoms with E-state index in [9.17, 15) is 27.9 Å². The van der Waals surface area contributed by atoms with Crippen LogP contribution in [0.15, 0.2) is 12.2 Å². The molecule has 1 saturated heterocycles. The molecule has 8 nitrogen and oxygen atoms in total. The van der Waals surface area contributed by atoms with Crippen molar-refractivity contribution in [1.29, 1.82) is 0 Å². The van der Waals surface area contributed by atoms with Crippen LogP contribution in [0, 0.1) is 34.0 Å². The Balaban J connectivity index is 1.97. The number of ether oxygens (including phenoxy) is 1. The fourth-order valence-corrected chi connectivity index (χ4v) is 7.64. The van der Waals surface area contributed by atoms with Gasteiger partial charge in [0, 0.05) is 17.3 Å². The summed E-state index contributed by atoms with van der Waals surface area (Å²) >= 11 is 0. The SMILES string of the molecule is C=C1C(=O)[C@@]23C(=O)OC[C@]4([C@@H](OS(C)(=O)=O)CCC(C)(C)[C@H]4C=O)[C@@H]2CC[C@@H]1[C@H]3O. The summed E-state index contributed by atoms with van der Waals surface area (Å²) < 4.78 is 35.2. The van der Waals surface area contributed by atoms with Gasteiger partial charge in [-0.3, -0.25) is 13.8 Å². The molecular weight excluding hydrogens is 412 g/mol. The molecule has 1 N–H and O–H groups in total. The lowest BCUT2D eigenvalue weighted by atomic mass is 9.43. The normalized spacial score (nSPS) is 45.2. The number of ketones is 1. The van der Waals surface area contributed by atoms with E-state index in [-0.39, 0.29) is 12.2 Å². The molecule has 4 fully saturated rings. The van der Waals surface area contributed by atoms with E-state index >= 15 is 0 Å². The molecule has 3 aliphatic carbocycles. The molecule has 0 unspecified atom stereocenters. The summed E-state index contributed by atoms with van der Waals surface area (Å²) in [5.74, 6) is -3.43. The van der Waals surface area contributed by atoms with E-state index in [1.165, 1.54) is 0 Å².